The van der Waals surface area contributed by atoms with Crippen LogP contribution in [0.5, 0.6) is 0 Å². The molecule has 16 heavy (non-hydrogen) atoms. The standard InChI is InChI=1S/C13H25IN2/c1-3-6-15-7-4-12-5-8-16(11(2)14)10-13(12)9-15/h11-13H,3-10H2,1-2H3. The first kappa shape index (κ1) is 13.1. The molecule has 0 bridgehead atoms. The molecular formula is C13H25IN2. The van der Waals surface area contributed by atoms with Gasteiger partial charge in [-0.2, -0.15) is 0 Å². The molecule has 2 aliphatic heterocycles. The number of fused-ring (bicyclic) bond motifs is 1. The van der Waals surface area contributed by atoms with E-state index in [4.69, 9.17) is 0 Å². The van der Waals surface area contributed by atoms with E-state index >= 15 is 0 Å². The van der Waals surface area contributed by atoms with Crippen molar-refractivity contribution in [3.05, 3.63) is 0 Å². The van der Waals surface area contributed by atoms with E-state index in [0.717, 1.165) is 11.8 Å². The van der Waals surface area contributed by atoms with Gasteiger partial charge in [0.2, 0.25) is 0 Å². The van der Waals surface area contributed by atoms with E-state index in [0.29, 0.717) is 4.05 Å². The lowest BCUT2D eigenvalue weighted by molar-refractivity contribution is 0.0417. The molecule has 2 saturated heterocycles. The van der Waals surface area contributed by atoms with Gasteiger partial charge < -0.3 is 4.90 Å². The lowest BCUT2D eigenvalue weighted by atomic mass is 9.80. The summed E-state index contributed by atoms with van der Waals surface area (Å²) in [6, 6.07) is 0. The molecule has 3 unspecified atom stereocenters. The maximum absolute atomic E-state index is 2.68. The molecule has 0 aromatic rings. The second kappa shape index (κ2) is 6.01. The molecular weight excluding hydrogens is 311 g/mol. The molecule has 0 aliphatic carbocycles. The van der Waals surface area contributed by atoms with E-state index in [1.54, 1.807) is 0 Å². The van der Waals surface area contributed by atoms with Gasteiger partial charge in [0.1, 0.15) is 0 Å². The van der Waals surface area contributed by atoms with E-state index in [1.807, 2.05) is 0 Å². The van der Waals surface area contributed by atoms with Gasteiger partial charge in [-0.25, -0.2) is 0 Å². The predicted molar refractivity (Wildman–Crippen MR) is 78.0 cm³/mol. The summed E-state index contributed by atoms with van der Waals surface area (Å²) in [5, 5.41) is 0. The number of hydrogen-bond acceptors (Lipinski definition) is 2. The zero-order chi connectivity index (χ0) is 11.5. The largest absolute Gasteiger partial charge is 0.303 e. The third-order valence-electron chi connectivity index (χ3n) is 4.27. The predicted octanol–water partition coefficient (Wildman–Crippen LogP) is 2.82. The van der Waals surface area contributed by atoms with Crippen molar-refractivity contribution in [1.82, 2.24) is 9.80 Å². The molecule has 0 aromatic heterocycles. The number of piperidine rings is 2. The van der Waals surface area contributed by atoms with Crippen molar-refractivity contribution in [3.63, 3.8) is 0 Å². The van der Waals surface area contributed by atoms with Gasteiger partial charge in [-0.15, -0.1) is 0 Å². The molecule has 2 fully saturated rings. The minimum atomic E-state index is 0.708. The van der Waals surface area contributed by atoms with E-state index in [9.17, 15) is 0 Å². The van der Waals surface area contributed by atoms with Crippen LogP contribution in [0.1, 0.15) is 33.1 Å². The Bertz CT molecular complexity index is 220. The molecule has 0 N–H and O–H groups in total. The van der Waals surface area contributed by atoms with Crippen LogP contribution >= 0.6 is 22.6 Å². The first-order chi connectivity index (χ1) is 7.70. The fourth-order valence-corrected chi connectivity index (χ4v) is 3.82. The second-order valence-corrected chi connectivity index (χ2v) is 7.27. The van der Waals surface area contributed by atoms with Crippen molar-refractivity contribution in [1.29, 1.82) is 0 Å². The summed E-state index contributed by atoms with van der Waals surface area (Å²) in [6.45, 7) is 11.3. The van der Waals surface area contributed by atoms with Crippen molar-refractivity contribution in [2.75, 3.05) is 32.7 Å². The summed E-state index contributed by atoms with van der Waals surface area (Å²) in [6.07, 6.45) is 4.20. The molecule has 2 aliphatic rings. The van der Waals surface area contributed by atoms with Crippen LogP contribution < -0.4 is 0 Å². The zero-order valence-electron chi connectivity index (χ0n) is 10.7. The second-order valence-electron chi connectivity index (χ2n) is 5.47. The summed E-state index contributed by atoms with van der Waals surface area (Å²) in [5.41, 5.74) is 0. The van der Waals surface area contributed by atoms with Crippen LogP contribution in [-0.2, 0) is 0 Å². The van der Waals surface area contributed by atoms with Gasteiger partial charge in [-0.05, 0) is 57.7 Å². The first-order valence-electron chi connectivity index (χ1n) is 6.81. The molecule has 0 radical (unpaired) electrons. The normalized spacial score (nSPS) is 34.7. The Morgan fingerprint density at radius 2 is 1.94 bits per heavy atom. The Morgan fingerprint density at radius 1 is 1.19 bits per heavy atom. The van der Waals surface area contributed by atoms with Crippen molar-refractivity contribution >= 4 is 22.6 Å². The van der Waals surface area contributed by atoms with Gasteiger partial charge in [0.25, 0.3) is 0 Å². The molecule has 0 saturated carbocycles. The molecule has 0 aromatic carbocycles. The molecule has 2 rings (SSSR count). The minimum Gasteiger partial charge on any atom is -0.303 e. The van der Waals surface area contributed by atoms with Crippen molar-refractivity contribution in [2.45, 2.75) is 37.2 Å². The smallest absolute Gasteiger partial charge is 0.0590 e. The highest BCUT2D eigenvalue weighted by Crippen LogP contribution is 2.32. The lowest BCUT2D eigenvalue weighted by Crippen LogP contribution is -2.51. The zero-order valence-corrected chi connectivity index (χ0v) is 12.8. The number of halogens is 1. The number of hydrogen-bond donors (Lipinski definition) is 0. The van der Waals surface area contributed by atoms with Gasteiger partial charge in [0.15, 0.2) is 0 Å². The summed E-state index contributed by atoms with van der Waals surface area (Å²) < 4.78 is 0.708. The molecule has 2 nitrogen and oxygen atoms in total. The molecule has 94 valence electrons. The van der Waals surface area contributed by atoms with Gasteiger partial charge >= 0.3 is 0 Å². The van der Waals surface area contributed by atoms with Crippen LogP contribution in [-0.4, -0.2) is 46.6 Å². The van der Waals surface area contributed by atoms with Crippen molar-refractivity contribution in [3.8, 4) is 0 Å². The number of rotatable bonds is 3. The van der Waals surface area contributed by atoms with Gasteiger partial charge in [0.05, 0.1) is 4.05 Å². The third-order valence-corrected chi connectivity index (χ3v) is 5.06. The summed E-state index contributed by atoms with van der Waals surface area (Å²) in [4.78, 5) is 5.35. The summed E-state index contributed by atoms with van der Waals surface area (Å²) >= 11 is 2.56. The highest BCUT2D eigenvalue weighted by Gasteiger charge is 2.34. The van der Waals surface area contributed by atoms with E-state index in [1.165, 1.54) is 52.0 Å². The van der Waals surface area contributed by atoms with Crippen molar-refractivity contribution in [2.24, 2.45) is 11.8 Å². The number of alkyl halides is 1. The molecule has 3 atom stereocenters. The van der Waals surface area contributed by atoms with Crippen LogP contribution in [0.3, 0.4) is 0 Å². The molecule has 0 spiro atoms. The van der Waals surface area contributed by atoms with Crippen LogP contribution in [0, 0.1) is 11.8 Å². The van der Waals surface area contributed by atoms with Gasteiger partial charge in [-0.3, -0.25) is 4.90 Å². The Hall–Kier alpha value is 0.650. The molecule has 0 amide bonds. The maximum Gasteiger partial charge on any atom is 0.0590 e. The Labute approximate surface area is 114 Å². The fraction of sp³-hybridized carbons (Fsp3) is 1.00. The van der Waals surface area contributed by atoms with Crippen LogP contribution in [0.4, 0.5) is 0 Å². The van der Waals surface area contributed by atoms with E-state index in [-0.39, 0.29) is 0 Å². The lowest BCUT2D eigenvalue weighted by Gasteiger charge is -2.45. The Kier molecular flexibility index (Phi) is 4.91. The Morgan fingerprint density at radius 3 is 2.62 bits per heavy atom. The SMILES string of the molecule is CCCN1CCC2CCN(C(C)I)CC2C1. The highest BCUT2D eigenvalue weighted by molar-refractivity contribution is 14.1. The van der Waals surface area contributed by atoms with Gasteiger partial charge in [-0.1, -0.05) is 29.5 Å². The topological polar surface area (TPSA) is 6.48 Å². The average Bonchev–Trinajstić information content (AvgIpc) is 2.28. The number of likely N-dealkylation sites (tertiary alicyclic amines) is 2. The number of nitrogens with zero attached hydrogens (tertiary/aromatic N) is 2. The monoisotopic (exact) mass is 336 g/mol. The Balaban J connectivity index is 1.88. The molecule has 2 heterocycles. The van der Waals surface area contributed by atoms with Crippen LogP contribution in [0.15, 0.2) is 0 Å². The highest BCUT2D eigenvalue weighted by atomic mass is 127. The van der Waals surface area contributed by atoms with Crippen molar-refractivity contribution < 1.29 is 0 Å². The van der Waals surface area contributed by atoms with Crippen LogP contribution in [0.25, 0.3) is 0 Å². The summed E-state index contributed by atoms with van der Waals surface area (Å²) in [7, 11) is 0. The first-order valence-corrected chi connectivity index (χ1v) is 8.05. The van der Waals surface area contributed by atoms with Gasteiger partial charge in [0, 0.05) is 13.1 Å². The summed E-state index contributed by atoms with van der Waals surface area (Å²) in [5.74, 6) is 1.98. The fourth-order valence-electron chi connectivity index (χ4n) is 3.31. The van der Waals surface area contributed by atoms with E-state index in [2.05, 4.69) is 46.2 Å². The maximum atomic E-state index is 2.68. The third kappa shape index (κ3) is 3.10. The molecule has 3 heteroatoms. The van der Waals surface area contributed by atoms with E-state index < -0.39 is 0 Å². The average molecular weight is 336 g/mol. The minimum absolute atomic E-state index is 0.708. The quantitative estimate of drug-likeness (QED) is 0.444. The van der Waals surface area contributed by atoms with Crippen LogP contribution in [0.2, 0.25) is 0 Å².